The van der Waals surface area contributed by atoms with Crippen molar-refractivity contribution in [2.75, 3.05) is 0 Å². The number of allylic oxidation sites excluding steroid dienone is 1. The molecule has 0 aliphatic carbocycles. The van der Waals surface area contributed by atoms with E-state index >= 15 is 0 Å². The summed E-state index contributed by atoms with van der Waals surface area (Å²) in [5.41, 5.74) is 2.59. The first kappa shape index (κ1) is 10.6. The summed E-state index contributed by atoms with van der Waals surface area (Å²) in [6.07, 6.45) is 8.29. The van der Waals surface area contributed by atoms with Crippen LogP contribution in [-0.4, -0.2) is 0 Å². The fourth-order valence-corrected chi connectivity index (χ4v) is 1.29. The molecule has 1 unspecified atom stereocenters. The fraction of sp³-hybridized carbons (Fsp3) is 0.286. The minimum atomic E-state index is 0.472. The molecule has 0 amide bonds. The second-order valence-corrected chi connectivity index (χ2v) is 3.61. The molecule has 0 aliphatic heterocycles. The van der Waals surface area contributed by atoms with Gasteiger partial charge in [0.1, 0.15) is 0 Å². The lowest BCUT2D eigenvalue weighted by Gasteiger charge is -2.08. The molecular weight excluding hydrogens is 168 g/mol. The average Bonchev–Trinajstić information content (AvgIpc) is 2.19. The van der Waals surface area contributed by atoms with Crippen LogP contribution in [0.4, 0.5) is 0 Å². The van der Waals surface area contributed by atoms with E-state index in [0.29, 0.717) is 5.92 Å². The quantitative estimate of drug-likeness (QED) is 0.628. The second-order valence-electron chi connectivity index (χ2n) is 3.61. The van der Waals surface area contributed by atoms with Gasteiger partial charge in [-0.3, -0.25) is 0 Å². The van der Waals surface area contributed by atoms with Crippen LogP contribution in [0.2, 0.25) is 0 Å². The van der Waals surface area contributed by atoms with E-state index in [-0.39, 0.29) is 0 Å². The van der Waals surface area contributed by atoms with Crippen LogP contribution in [-0.2, 0) is 0 Å². The van der Waals surface area contributed by atoms with Crippen molar-refractivity contribution in [3.05, 3.63) is 41.5 Å². The topological polar surface area (TPSA) is 0 Å². The van der Waals surface area contributed by atoms with Gasteiger partial charge in [0.2, 0.25) is 0 Å². The van der Waals surface area contributed by atoms with E-state index in [1.165, 1.54) is 11.1 Å². The Labute approximate surface area is 86.7 Å². The van der Waals surface area contributed by atoms with Crippen molar-refractivity contribution in [2.45, 2.75) is 20.3 Å². The standard InChI is InChI=1S/C14H16/c1-4-8-12(2)13(3)11-14-9-6-5-7-10-14/h1,5-7,9-12H,8H2,2-3H3. The van der Waals surface area contributed by atoms with Crippen LogP contribution < -0.4 is 0 Å². The van der Waals surface area contributed by atoms with Gasteiger partial charge < -0.3 is 0 Å². The average molecular weight is 184 g/mol. The number of hydrogen-bond donors (Lipinski definition) is 0. The van der Waals surface area contributed by atoms with E-state index in [4.69, 9.17) is 6.42 Å². The summed E-state index contributed by atoms with van der Waals surface area (Å²) in [5, 5.41) is 0. The normalized spacial score (nSPS) is 13.4. The van der Waals surface area contributed by atoms with Crippen LogP contribution in [0.1, 0.15) is 25.8 Å². The van der Waals surface area contributed by atoms with E-state index in [1.807, 2.05) is 18.2 Å². The molecule has 0 heterocycles. The fourth-order valence-electron chi connectivity index (χ4n) is 1.29. The summed E-state index contributed by atoms with van der Waals surface area (Å²) in [7, 11) is 0. The lowest BCUT2D eigenvalue weighted by molar-refractivity contribution is 0.713. The van der Waals surface area contributed by atoms with Crippen LogP contribution >= 0.6 is 0 Å². The Bertz CT molecular complexity index is 338. The van der Waals surface area contributed by atoms with Crippen LogP contribution in [0.15, 0.2) is 35.9 Å². The molecule has 0 spiro atoms. The zero-order valence-corrected chi connectivity index (χ0v) is 8.83. The lowest BCUT2D eigenvalue weighted by Crippen LogP contribution is -1.94. The summed E-state index contributed by atoms with van der Waals surface area (Å²) in [6, 6.07) is 10.3. The molecule has 0 aliphatic rings. The first-order chi connectivity index (χ1) is 6.74. The van der Waals surface area contributed by atoms with E-state index in [9.17, 15) is 0 Å². The van der Waals surface area contributed by atoms with Crippen molar-refractivity contribution in [3.63, 3.8) is 0 Å². The highest BCUT2D eigenvalue weighted by atomic mass is 14.1. The van der Waals surface area contributed by atoms with Crippen molar-refractivity contribution >= 4 is 6.08 Å². The SMILES string of the molecule is C#CCC(C)C(C)=Cc1ccccc1. The molecular formula is C14H16. The molecule has 0 nitrogen and oxygen atoms in total. The zero-order valence-electron chi connectivity index (χ0n) is 8.83. The van der Waals surface area contributed by atoms with E-state index in [1.54, 1.807) is 0 Å². The van der Waals surface area contributed by atoms with Gasteiger partial charge >= 0.3 is 0 Å². The minimum Gasteiger partial charge on any atom is -0.120 e. The first-order valence-electron chi connectivity index (χ1n) is 4.90. The highest BCUT2D eigenvalue weighted by molar-refractivity contribution is 5.52. The van der Waals surface area contributed by atoms with E-state index in [0.717, 1.165) is 6.42 Å². The summed E-state index contributed by atoms with van der Waals surface area (Å²) in [4.78, 5) is 0. The third kappa shape index (κ3) is 3.11. The van der Waals surface area contributed by atoms with Gasteiger partial charge in [0.05, 0.1) is 0 Å². The van der Waals surface area contributed by atoms with Crippen molar-refractivity contribution in [3.8, 4) is 12.3 Å². The van der Waals surface area contributed by atoms with Crippen molar-refractivity contribution in [1.29, 1.82) is 0 Å². The maximum atomic E-state index is 5.28. The molecule has 1 aromatic rings. The maximum absolute atomic E-state index is 5.28. The molecule has 0 aromatic heterocycles. The Morgan fingerprint density at radius 3 is 2.64 bits per heavy atom. The van der Waals surface area contributed by atoms with Gasteiger partial charge in [-0.2, -0.15) is 0 Å². The Hall–Kier alpha value is -1.48. The molecule has 1 aromatic carbocycles. The number of hydrogen-bond acceptors (Lipinski definition) is 0. The predicted octanol–water partition coefficient (Wildman–Crippen LogP) is 3.75. The minimum absolute atomic E-state index is 0.472. The number of benzene rings is 1. The van der Waals surface area contributed by atoms with Crippen LogP contribution in [0.3, 0.4) is 0 Å². The molecule has 14 heavy (non-hydrogen) atoms. The van der Waals surface area contributed by atoms with Gasteiger partial charge in [0.25, 0.3) is 0 Å². The number of terminal acetylenes is 1. The Morgan fingerprint density at radius 1 is 1.43 bits per heavy atom. The molecule has 0 heteroatoms. The lowest BCUT2D eigenvalue weighted by atomic mass is 9.97. The monoisotopic (exact) mass is 184 g/mol. The van der Waals surface area contributed by atoms with Gasteiger partial charge in [0.15, 0.2) is 0 Å². The van der Waals surface area contributed by atoms with Crippen molar-refractivity contribution < 1.29 is 0 Å². The Morgan fingerprint density at radius 2 is 2.07 bits per heavy atom. The maximum Gasteiger partial charge on any atom is 0.0149 e. The summed E-state index contributed by atoms with van der Waals surface area (Å²) in [5.74, 6) is 3.17. The van der Waals surface area contributed by atoms with E-state index < -0.39 is 0 Å². The molecule has 0 saturated heterocycles. The highest BCUT2D eigenvalue weighted by Gasteiger charge is 2.01. The molecule has 1 rings (SSSR count). The molecule has 0 fully saturated rings. The second kappa shape index (κ2) is 5.29. The molecule has 0 saturated carbocycles. The first-order valence-corrected chi connectivity index (χ1v) is 4.90. The highest BCUT2D eigenvalue weighted by Crippen LogP contribution is 2.16. The van der Waals surface area contributed by atoms with Crippen LogP contribution in [0, 0.1) is 18.3 Å². The van der Waals surface area contributed by atoms with E-state index in [2.05, 4.69) is 38.0 Å². The largest absolute Gasteiger partial charge is 0.120 e. The Kier molecular flexibility index (Phi) is 4.01. The number of rotatable bonds is 3. The van der Waals surface area contributed by atoms with Gasteiger partial charge in [-0.15, -0.1) is 12.3 Å². The van der Waals surface area contributed by atoms with Gasteiger partial charge in [-0.25, -0.2) is 0 Å². The zero-order chi connectivity index (χ0) is 10.4. The molecule has 72 valence electrons. The van der Waals surface area contributed by atoms with Gasteiger partial charge in [-0.1, -0.05) is 48.9 Å². The Balaban J connectivity index is 2.74. The third-order valence-corrected chi connectivity index (χ3v) is 2.40. The summed E-state index contributed by atoms with van der Waals surface area (Å²) in [6.45, 7) is 4.30. The molecule has 0 N–H and O–H groups in total. The summed E-state index contributed by atoms with van der Waals surface area (Å²) < 4.78 is 0. The van der Waals surface area contributed by atoms with Gasteiger partial charge in [0, 0.05) is 6.42 Å². The van der Waals surface area contributed by atoms with Crippen LogP contribution in [0.25, 0.3) is 6.08 Å². The van der Waals surface area contributed by atoms with Crippen molar-refractivity contribution in [1.82, 2.24) is 0 Å². The van der Waals surface area contributed by atoms with Gasteiger partial charge in [-0.05, 0) is 18.4 Å². The smallest absolute Gasteiger partial charge is 0.0149 e. The summed E-state index contributed by atoms with van der Waals surface area (Å²) >= 11 is 0. The van der Waals surface area contributed by atoms with Crippen molar-refractivity contribution in [2.24, 2.45) is 5.92 Å². The molecule has 1 atom stereocenters. The molecule has 0 bridgehead atoms. The third-order valence-electron chi connectivity index (χ3n) is 2.40. The predicted molar refractivity (Wildman–Crippen MR) is 62.7 cm³/mol. The van der Waals surface area contributed by atoms with Crippen LogP contribution in [0.5, 0.6) is 0 Å². The molecule has 0 radical (unpaired) electrons.